The molecular formula is C25H28O. The summed E-state index contributed by atoms with van der Waals surface area (Å²) >= 11 is 0. The maximum atomic E-state index is 5.46. The van der Waals surface area contributed by atoms with Crippen LogP contribution in [0.25, 0.3) is 0 Å². The van der Waals surface area contributed by atoms with Gasteiger partial charge in [0.25, 0.3) is 0 Å². The molecule has 0 saturated carbocycles. The maximum Gasteiger partial charge on any atom is 0.119 e. The minimum absolute atomic E-state index is 0.160. The smallest absolute Gasteiger partial charge is 0.119 e. The van der Waals surface area contributed by atoms with Gasteiger partial charge in [-0.15, -0.1) is 0 Å². The van der Waals surface area contributed by atoms with E-state index in [9.17, 15) is 0 Å². The summed E-state index contributed by atoms with van der Waals surface area (Å²) in [6.45, 7) is 8.90. The third-order valence-electron chi connectivity index (χ3n) is 4.91. The first-order valence-electron chi connectivity index (χ1n) is 9.19. The zero-order valence-corrected chi connectivity index (χ0v) is 16.4. The van der Waals surface area contributed by atoms with Crippen LogP contribution in [0, 0.1) is 6.92 Å². The number of benzene rings is 3. The van der Waals surface area contributed by atoms with E-state index in [1.807, 2.05) is 6.07 Å². The van der Waals surface area contributed by atoms with Gasteiger partial charge in [0.2, 0.25) is 0 Å². The molecule has 0 aliphatic rings. The van der Waals surface area contributed by atoms with Crippen LogP contribution in [0.5, 0.6) is 5.75 Å². The average molecular weight is 344 g/mol. The van der Waals surface area contributed by atoms with Crippen LogP contribution in [0.3, 0.4) is 0 Å². The van der Waals surface area contributed by atoms with Crippen molar-refractivity contribution in [2.75, 3.05) is 7.11 Å². The van der Waals surface area contributed by atoms with Crippen molar-refractivity contribution in [2.24, 2.45) is 0 Å². The maximum absolute atomic E-state index is 5.46. The topological polar surface area (TPSA) is 9.23 Å². The van der Waals surface area contributed by atoms with E-state index >= 15 is 0 Å². The molecule has 0 aromatic heterocycles. The van der Waals surface area contributed by atoms with E-state index in [0.29, 0.717) is 0 Å². The highest BCUT2D eigenvalue weighted by atomic mass is 16.5. The Balaban J connectivity index is 2.11. The molecule has 0 saturated heterocycles. The Morgan fingerprint density at radius 2 is 1.35 bits per heavy atom. The molecular weight excluding hydrogens is 316 g/mol. The van der Waals surface area contributed by atoms with Crippen molar-refractivity contribution in [3.63, 3.8) is 0 Å². The van der Waals surface area contributed by atoms with Gasteiger partial charge in [-0.3, -0.25) is 0 Å². The lowest BCUT2D eigenvalue weighted by atomic mass is 9.81. The van der Waals surface area contributed by atoms with Gasteiger partial charge in [0, 0.05) is 5.92 Å². The zero-order valence-electron chi connectivity index (χ0n) is 16.4. The molecule has 26 heavy (non-hydrogen) atoms. The van der Waals surface area contributed by atoms with E-state index in [4.69, 9.17) is 4.74 Å². The molecule has 3 aromatic carbocycles. The lowest BCUT2D eigenvalue weighted by Gasteiger charge is -2.23. The largest absolute Gasteiger partial charge is 0.497 e. The van der Waals surface area contributed by atoms with E-state index in [1.165, 1.54) is 27.8 Å². The number of ether oxygens (including phenoxy) is 1. The summed E-state index contributed by atoms with van der Waals surface area (Å²) in [5, 5.41) is 0. The molecule has 0 amide bonds. The van der Waals surface area contributed by atoms with Gasteiger partial charge in [-0.2, -0.15) is 0 Å². The Morgan fingerprint density at radius 3 is 1.92 bits per heavy atom. The minimum Gasteiger partial charge on any atom is -0.497 e. The van der Waals surface area contributed by atoms with Crippen LogP contribution >= 0.6 is 0 Å². The first-order valence-corrected chi connectivity index (χ1v) is 9.19. The van der Waals surface area contributed by atoms with Crippen molar-refractivity contribution in [3.05, 3.63) is 101 Å². The van der Waals surface area contributed by atoms with Crippen LogP contribution < -0.4 is 4.74 Å². The van der Waals surface area contributed by atoms with E-state index in [-0.39, 0.29) is 11.3 Å². The summed E-state index contributed by atoms with van der Waals surface area (Å²) < 4.78 is 5.46. The highest BCUT2D eigenvalue weighted by molar-refractivity contribution is 5.47. The minimum atomic E-state index is 0.160. The van der Waals surface area contributed by atoms with Crippen molar-refractivity contribution in [1.82, 2.24) is 0 Å². The van der Waals surface area contributed by atoms with Gasteiger partial charge >= 0.3 is 0 Å². The third kappa shape index (κ3) is 3.99. The summed E-state index contributed by atoms with van der Waals surface area (Å²) in [5.74, 6) is 1.09. The normalized spacial score (nSPS) is 12.7. The second kappa shape index (κ2) is 7.37. The Kier molecular flexibility index (Phi) is 5.18. The Morgan fingerprint density at radius 1 is 0.731 bits per heavy atom. The van der Waals surface area contributed by atoms with Crippen molar-refractivity contribution >= 4 is 0 Å². The van der Waals surface area contributed by atoms with Gasteiger partial charge in [0.05, 0.1) is 7.11 Å². The molecule has 0 fully saturated rings. The number of hydrogen-bond donors (Lipinski definition) is 0. The second-order valence-corrected chi connectivity index (χ2v) is 8.00. The lowest BCUT2D eigenvalue weighted by Crippen LogP contribution is -2.11. The Hall–Kier alpha value is -2.54. The van der Waals surface area contributed by atoms with E-state index in [0.717, 1.165) is 5.75 Å². The van der Waals surface area contributed by atoms with Crippen molar-refractivity contribution < 1.29 is 4.74 Å². The fourth-order valence-electron chi connectivity index (χ4n) is 3.42. The number of rotatable bonds is 4. The fraction of sp³-hybridized carbons (Fsp3) is 0.280. The lowest BCUT2D eigenvalue weighted by molar-refractivity contribution is 0.414. The van der Waals surface area contributed by atoms with Crippen LogP contribution in [0.4, 0.5) is 0 Å². The average Bonchev–Trinajstić information content (AvgIpc) is 2.62. The standard InChI is InChI=1S/C25H28O/c1-18-8-6-9-20(16-18)24(21-10-7-11-23(17-21)26-5)19-12-14-22(15-13-19)25(2,3)4/h6-17,24H,1-5H3. The predicted molar refractivity (Wildman–Crippen MR) is 110 cm³/mol. The first kappa shape index (κ1) is 18.3. The Labute approximate surface area is 157 Å². The predicted octanol–water partition coefficient (Wildman–Crippen LogP) is 6.48. The number of hydrogen-bond acceptors (Lipinski definition) is 1. The summed E-state index contributed by atoms with van der Waals surface area (Å²) in [4.78, 5) is 0. The molecule has 1 nitrogen and oxygen atoms in total. The molecule has 0 heterocycles. The van der Waals surface area contributed by atoms with Crippen LogP contribution in [0.15, 0.2) is 72.8 Å². The molecule has 0 spiro atoms. The number of methoxy groups -OCH3 is 1. The van der Waals surface area contributed by atoms with E-state index in [2.05, 4.69) is 94.4 Å². The highest BCUT2D eigenvalue weighted by Gasteiger charge is 2.19. The summed E-state index contributed by atoms with van der Waals surface area (Å²) in [7, 11) is 1.72. The highest BCUT2D eigenvalue weighted by Crippen LogP contribution is 2.35. The third-order valence-corrected chi connectivity index (χ3v) is 4.91. The molecule has 0 radical (unpaired) electrons. The molecule has 1 heteroatoms. The van der Waals surface area contributed by atoms with Gasteiger partial charge in [-0.1, -0.05) is 87.0 Å². The number of aryl methyl sites for hydroxylation is 1. The summed E-state index contributed by atoms with van der Waals surface area (Å²) in [6, 6.07) is 26.3. The summed E-state index contributed by atoms with van der Waals surface area (Å²) in [6.07, 6.45) is 0. The van der Waals surface area contributed by atoms with Gasteiger partial charge in [-0.25, -0.2) is 0 Å². The zero-order chi connectivity index (χ0) is 18.7. The van der Waals surface area contributed by atoms with E-state index in [1.54, 1.807) is 7.11 Å². The van der Waals surface area contributed by atoms with Crippen LogP contribution in [-0.2, 0) is 5.41 Å². The molecule has 1 unspecified atom stereocenters. The monoisotopic (exact) mass is 344 g/mol. The van der Waals surface area contributed by atoms with Crippen molar-refractivity contribution in [1.29, 1.82) is 0 Å². The Bertz CT molecular complexity index is 869. The van der Waals surface area contributed by atoms with Gasteiger partial charge in [-0.05, 0) is 46.7 Å². The van der Waals surface area contributed by atoms with Gasteiger partial charge in [0.1, 0.15) is 5.75 Å². The molecule has 0 aliphatic heterocycles. The molecule has 1 atom stereocenters. The molecule has 134 valence electrons. The second-order valence-electron chi connectivity index (χ2n) is 8.00. The first-order chi connectivity index (χ1) is 12.4. The molecule has 3 rings (SSSR count). The van der Waals surface area contributed by atoms with Crippen molar-refractivity contribution in [2.45, 2.75) is 39.0 Å². The fourth-order valence-corrected chi connectivity index (χ4v) is 3.42. The van der Waals surface area contributed by atoms with Gasteiger partial charge < -0.3 is 4.74 Å². The van der Waals surface area contributed by atoms with Crippen LogP contribution in [0.2, 0.25) is 0 Å². The molecule has 0 bridgehead atoms. The quantitative estimate of drug-likeness (QED) is 0.492. The molecule has 3 aromatic rings. The van der Waals surface area contributed by atoms with E-state index < -0.39 is 0 Å². The SMILES string of the molecule is COc1cccc(C(c2ccc(C(C)(C)C)cc2)c2cccc(C)c2)c1. The van der Waals surface area contributed by atoms with Crippen molar-refractivity contribution in [3.8, 4) is 5.75 Å². The molecule has 0 N–H and O–H groups in total. The van der Waals surface area contributed by atoms with Gasteiger partial charge in [0.15, 0.2) is 0 Å². The molecule has 0 aliphatic carbocycles. The van der Waals surface area contributed by atoms with Crippen LogP contribution in [-0.4, -0.2) is 7.11 Å². The summed E-state index contributed by atoms with van der Waals surface area (Å²) in [5.41, 5.74) is 6.65. The van der Waals surface area contributed by atoms with Crippen LogP contribution in [0.1, 0.15) is 54.5 Å².